The maximum Gasteiger partial charge on any atom is 0.267 e. The molecule has 3 aliphatic rings. The Morgan fingerprint density at radius 3 is 2.17 bits per heavy atom. The normalized spacial score (nSPS) is 45.6. The maximum absolute atomic E-state index is 12.6. The smallest absolute Gasteiger partial charge is 0.267 e. The molecule has 0 saturated heterocycles. The molecular formula is C16H23Br3O4S. The third-order valence-corrected chi connectivity index (χ3v) is 12.8. The summed E-state index contributed by atoms with van der Waals surface area (Å²) in [5.41, 5.74) is -1.23. The van der Waals surface area contributed by atoms with Crippen molar-refractivity contribution in [2.24, 2.45) is 28.1 Å². The molecule has 4 nitrogen and oxygen atoms in total. The third kappa shape index (κ3) is 2.49. The first-order valence-corrected chi connectivity index (χ1v) is 12.2. The lowest BCUT2D eigenvalue weighted by molar-refractivity contribution is -0.127. The van der Waals surface area contributed by atoms with Gasteiger partial charge in [0.2, 0.25) is 0 Å². The van der Waals surface area contributed by atoms with E-state index >= 15 is 0 Å². The second-order valence-corrected chi connectivity index (χ2v) is 14.7. The molecular weight excluding hydrogens is 528 g/mol. The molecule has 0 aromatic rings. The lowest BCUT2D eigenvalue weighted by Crippen LogP contribution is -2.41. The van der Waals surface area contributed by atoms with Crippen molar-refractivity contribution in [3.8, 4) is 0 Å². The molecule has 1 unspecified atom stereocenters. The van der Waals surface area contributed by atoms with Gasteiger partial charge in [-0.3, -0.25) is 8.98 Å². The van der Waals surface area contributed by atoms with Crippen molar-refractivity contribution in [3.05, 3.63) is 0 Å². The van der Waals surface area contributed by atoms with Crippen molar-refractivity contribution < 1.29 is 17.4 Å². The molecule has 3 saturated carbocycles. The quantitative estimate of drug-likeness (QED) is 0.379. The van der Waals surface area contributed by atoms with E-state index in [2.05, 4.69) is 61.6 Å². The minimum Gasteiger partial charge on any atom is -0.298 e. The Labute approximate surface area is 169 Å². The van der Waals surface area contributed by atoms with Gasteiger partial charge in [0.15, 0.2) is 5.78 Å². The standard InChI is InChI=1S/C16H23Br3O4S/c1-13(2)10(16(13,18)19)7-23-24(21,22)8-15(4)9-5-6-14(15,3)12(20)11(9)17/h9-11H,5-8H2,1-4H3/t9-,10+,11+,14+,15?/m1/s1. The lowest BCUT2D eigenvalue weighted by atomic mass is 9.70. The fraction of sp³-hybridized carbons (Fsp3) is 0.938. The van der Waals surface area contributed by atoms with E-state index < -0.39 is 20.9 Å². The Kier molecular flexibility index (Phi) is 4.55. The minimum atomic E-state index is -3.70. The molecule has 0 aromatic carbocycles. The molecule has 3 aliphatic carbocycles. The van der Waals surface area contributed by atoms with Gasteiger partial charge in [-0.15, -0.1) is 0 Å². The Hall–Kier alpha value is 1.02. The van der Waals surface area contributed by atoms with Crippen LogP contribution in [0.25, 0.3) is 0 Å². The molecule has 138 valence electrons. The van der Waals surface area contributed by atoms with Crippen LogP contribution in [0.5, 0.6) is 0 Å². The van der Waals surface area contributed by atoms with Crippen molar-refractivity contribution in [2.75, 3.05) is 12.4 Å². The zero-order chi connectivity index (χ0) is 18.3. The van der Waals surface area contributed by atoms with Crippen LogP contribution in [0, 0.1) is 28.1 Å². The van der Waals surface area contributed by atoms with Gasteiger partial charge in [0.25, 0.3) is 10.1 Å². The van der Waals surface area contributed by atoms with Gasteiger partial charge in [-0.05, 0) is 24.2 Å². The summed E-state index contributed by atoms with van der Waals surface area (Å²) in [6, 6.07) is 0. The summed E-state index contributed by atoms with van der Waals surface area (Å²) in [5, 5.41) is 0. The predicted molar refractivity (Wildman–Crippen MR) is 104 cm³/mol. The molecule has 0 radical (unpaired) electrons. The van der Waals surface area contributed by atoms with Gasteiger partial charge in [0.05, 0.1) is 20.4 Å². The molecule has 3 fully saturated rings. The first kappa shape index (κ1) is 19.8. The summed E-state index contributed by atoms with van der Waals surface area (Å²) < 4.78 is 30.4. The SMILES string of the molecule is CC1(C)[C@H](COS(=O)(=O)CC2(C)[C@@H]3CC[C@@]2(C)C(=O)[C@H]3Br)C1(Br)Br. The van der Waals surface area contributed by atoms with Crippen LogP contribution in [0.3, 0.4) is 0 Å². The van der Waals surface area contributed by atoms with Crippen LogP contribution >= 0.6 is 47.8 Å². The number of fused-ring (bicyclic) bond motifs is 2. The average molecular weight is 551 g/mol. The molecule has 8 heteroatoms. The first-order valence-electron chi connectivity index (χ1n) is 8.14. The Morgan fingerprint density at radius 1 is 1.21 bits per heavy atom. The van der Waals surface area contributed by atoms with Crippen LogP contribution in [-0.2, 0) is 19.1 Å². The largest absolute Gasteiger partial charge is 0.298 e. The minimum absolute atomic E-state index is 0.0529. The Morgan fingerprint density at radius 2 is 1.75 bits per heavy atom. The number of Topliss-reactive ketones (excluding diaryl/α,β-unsaturated/α-hetero) is 1. The number of ketones is 1. The van der Waals surface area contributed by atoms with E-state index in [1.165, 1.54) is 0 Å². The van der Waals surface area contributed by atoms with Crippen molar-refractivity contribution in [1.82, 2.24) is 0 Å². The second kappa shape index (κ2) is 5.52. The number of hydrogen-bond donors (Lipinski definition) is 0. The summed E-state index contributed by atoms with van der Waals surface area (Å²) in [4.78, 5) is 12.3. The molecule has 0 aliphatic heterocycles. The van der Waals surface area contributed by atoms with E-state index in [4.69, 9.17) is 4.18 Å². The van der Waals surface area contributed by atoms with Gasteiger partial charge in [-0.1, -0.05) is 75.5 Å². The highest BCUT2D eigenvalue weighted by Gasteiger charge is 2.70. The predicted octanol–water partition coefficient (Wildman–Crippen LogP) is 4.24. The van der Waals surface area contributed by atoms with E-state index in [1.807, 2.05) is 13.8 Å². The highest BCUT2D eigenvalue weighted by molar-refractivity contribution is 9.25. The highest BCUT2D eigenvalue weighted by Crippen LogP contribution is 2.71. The summed E-state index contributed by atoms with van der Waals surface area (Å²) in [6.45, 7) is 8.12. The van der Waals surface area contributed by atoms with Crippen LogP contribution in [0.4, 0.5) is 0 Å². The number of alkyl halides is 3. The molecule has 0 N–H and O–H groups in total. The van der Waals surface area contributed by atoms with Crippen molar-refractivity contribution in [2.45, 2.75) is 48.6 Å². The van der Waals surface area contributed by atoms with Crippen molar-refractivity contribution >= 4 is 63.7 Å². The number of halogens is 3. The highest BCUT2D eigenvalue weighted by atomic mass is 79.9. The summed E-state index contributed by atoms with van der Waals surface area (Å²) in [7, 11) is -3.70. The number of rotatable bonds is 5. The maximum atomic E-state index is 12.6. The number of carbonyl (C=O) groups is 1. The first-order chi connectivity index (χ1) is 10.7. The van der Waals surface area contributed by atoms with Crippen LogP contribution < -0.4 is 0 Å². The third-order valence-electron chi connectivity index (χ3n) is 7.16. The van der Waals surface area contributed by atoms with E-state index in [0.717, 1.165) is 12.8 Å². The topological polar surface area (TPSA) is 60.4 Å². The van der Waals surface area contributed by atoms with Crippen LogP contribution in [0.15, 0.2) is 0 Å². The monoisotopic (exact) mass is 548 g/mol. The van der Waals surface area contributed by atoms with Crippen molar-refractivity contribution in [3.63, 3.8) is 0 Å². The molecule has 5 atom stereocenters. The zero-order valence-electron chi connectivity index (χ0n) is 14.2. The van der Waals surface area contributed by atoms with E-state index in [0.29, 0.717) is 0 Å². The van der Waals surface area contributed by atoms with E-state index in [9.17, 15) is 13.2 Å². The average Bonchev–Trinajstić information content (AvgIpc) is 2.61. The van der Waals surface area contributed by atoms with Gasteiger partial charge in [-0.25, -0.2) is 0 Å². The van der Waals surface area contributed by atoms with Crippen LogP contribution in [0.2, 0.25) is 0 Å². The van der Waals surface area contributed by atoms with E-state index in [-0.39, 0.29) is 43.5 Å². The zero-order valence-corrected chi connectivity index (χ0v) is 19.8. The van der Waals surface area contributed by atoms with Gasteiger partial charge >= 0.3 is 0 Å². The summed E-state index contributed by atoms with van der Waals surface area (Å²) in [6.07, 6.45) is 1.64. The molecule has 24 heavy (non-hydrogen) atoms. The molecule has 0 amide bonds. The van der Waals surface area contributed by atoms with Gasteiger partial charge in [0.1, 0.15) is 0 Å². The molecule has 0 aromatic heterocycles. The molecule has 0 heterocycles. The molecule has 3 rings (SSSR count). The fourth-order valence-corrected chi connectivity index (χ4v) is 9.52. The van der Waals surface area contributed by atoms with Gasteiger partial charge < -0.3 is 0 Å². The van der Waals surface area contributed by atoms with Crippen LogP contribution in [0.1, 0.15) is 40.5 Å². The second-order valence-electron chi connectivity index (χ2n) is 8.54. The molecule has 0 spiro atoms. The lowest BCUT2D eigenvalue weighted by Gasteiger charge is -2.35. The Bertz CT molecular complexity index is 675. The number of carbonyl (C=O) groups excluding carboxylic acids is 1. The Balaban J connectivity index is 1.73. The van der Waals surface area contributed by atoms with Gasteiger partial charge in [0, 0.05) is 16.7 Å². The molecule has 2 bridgehead atoms. The summed E-state index contributed by atoms with van der Waals surface area (Å²) >= 11 is 10.7. The van der Waals surface area contributed by atoms with Crippen molar-refractivity contribution in [1.29, 1.82) is 0 Å². The van der Waals surface area contributed by atoms with Crippen LogP contribution in [-0.4, -0.2) is 34.6 Å². The fourth-order valence-electron chi connectivity index (χ4n) is 4.74. The summed E-state index contributed by atoms with van der Waals surface area (Å²) in [5.74, 6) is 0.172. The van der Waals surface area contributed by atoms with Gasteiger partial charge in [-0.2, -0.15) is 8.42 Å². The number of hydrogen-bond acceptors (Lipinski definition) is 4. The van der Waals surface area contributed by atoms with E-state index in [1.54, 1.807) is 0 Å².